The van der Waals surface area contributed by atoms with Gasteiger partial charge in [-0.1, -0.05) is 0 Å². The van der Waals surface area contributed by atoms with E-state index in [0.29, 0.717) is 0 Å². The molecule has 4 heteroatoms. The van der Waals surface area contributed by atoms with Crippen molar-refractivity contribution >= 4 is 0 Å². The van der Waals surface area contributed by atoms with Gasteiger partial charge in [-0.05, 0) is 12.8 Å². The fourth-order valence-corrected chi connectivity index (χ4v) is 2.21. The Labute approximate surface area is 82.2 Å². The van der Waals surface area contributed by atoms with Crippen LogP contribution in [0.15, 0.2) is 12.4 Å². The second-order valence-electron chi connectivity index (χ2n) is 3.76. The number of aryl methyl sites for hydroxylation is 2. The summed E-state index contributed by atoms with van der Waals surface area (Å²) in [5, 5.41) is 8.57. The van der Waals surface area contributed by atoms with Crippen molar-refractivity contribution in [1.29, 1.82) is 0 Å². The van der Waals surface area contributed by atoms with Crippen molar-refractivity contribution in [3.63, 3.8) is 0 Å². The van der Waals surface area contributed by atoms with Gasteiger partial charge in [0, 0.05) is 36.6 Å². The number of rotatable bonds is 0. The molecule has 0 saturated heterocycles. The first kappa shape index (κ1) is 7.79. The third-order valence-corrected chi connectivity index (χ3v) is 3.01. The Morgan fingerprint density at radius 2 is 1.36 bits per heavy atom. The highest BCUT2D eigenvalue weighted by molar-refractivity contribution is 5.69. The summed E-state index contributed by atoms with van der Waals surface area (Å²) in [6, 6.07) is 0. The van der Waals surface area contributed by atoms with Crippen molar-refractivity contribution < 1.29 is 0 Å². The van der Waals surface area contributed by atoms with Gasteiger partial charge in [0.15, 0.2) is 0 Å². The highest BCUT2D eigenvalue weighted by Gasteiger charge is 2.21. The average molecular weight is 188 g/mol. The van der Waals surface area contributed by atoms with Gasteiger partial charge in [-0.15, -0.1) is 0 Å². The van der Waals surface area contributed by atoms with E-state index in [1.807, 2.05) is 35.9 Å². The predicted molar refractivity (Wildman–Crippen MR) is 52.8 cm³/mol. The van der Waals surface area contributed by atoms with Crippen molar-refractivity contribution in [2.75, 3.05) is 0 Å². The van der Waals surface area contributed by atoms with E-state index in [4.69, 9.17) is 0 Å². The van der Waals surface area contributed by atoms with E-state index >= 15 is 0 Å². The van der Waals surface area contributed by atoms with Gasteiger partial charge < -0.3 is 0 Å². The van der Waals surface area contributed by atoms with Crippen LogP contribution in [0.1, 0.15) is 11.4 Å². The van der Waals surface area contributed by atoms with Gasteiger partial charge >= 0.3 is 0 Å². The molecule has 0 radical (unpaired) electrons. The van der Waals surface area contributed by atoms with Crippen LogP contribution >= 0.6 is 0 Å². The SMILES string of the molecule is Cn1ncc2c1CCc1c-2cnn1C. The fraction of sp³-hybridized carbons (Fsp3) is 0.400. The van der Waals surface area contributed by atoms with E-state index in [9.17, 15) is 0 Å². The van der Waals surface area contributed by atoms with E-state index in [1.54, 1.807) is 0 Å². The molecule has 3 rings (SSSR count). The third kappa shape index (κ3) is 0.828. The minimum Gasteiger partial charge on any atom is -0.272 e. The van der Waals surface area contributed by atoms with Crippen LogP contribution in [0, 0.1) is 0 Å². The summed E-state index contributed by atoms with van der Waals surface area (Å²) in [7, 11) is 4.00. The minimum absolute atomic E-state index is 1.07. The molecule has 2 heterocycles. The summed E-state index contributed by atoms with van der Waals surface area (Å²) in [5.74, 6) is 0. The molecule has 0 unspecified atom stereocenters. The van der Waals surface area contributed by atoms with Crippen LogP contribution in [-0.2, 0) is 26.9 Å². The van der Waals surface area contributed by atoms with Crippen LogP contribution in [0.2, 0.25) is 0 Å². The molecular weight excluding hydrogens is 176 g/mol. The summed E-state index contributed by atoms with van der Waals surface area (Å²) in [4.78, 5) is 0. The lowest BCUT2D eigenvalue weighted by atomic mass is 9.96. The summed E-state index contributed by atoms with van der Waals surface area (Å²) in [6.45, 7) is 0. The first-order valence-electron chi connectivity index (χ1n) is 4.79. The quantitative estimate of drug-likeness (QED) is 0.616. The van der Waals surface area contributed by atoms with Crippen molar-refractivity contribution in [2.45, 2.75) is 12.8 Å². The van der Waals surface area contributed by atoms with E-state index < -0.39 is 0 Å². The summed E-state index contributed by atoms with van der Waals surface area (Å²) < 4.78 is 3.93. The fourth-order valence-electron chi connectivity index (χ4n) is 2.21. The van der Waals surface area contributed by atoms with Crippen molar-refractivity contribution in [3.8, 4) is 11.1 Å². The lowest BCUT2D eigenvalue weighted by Gasteiger charge is -2.13. The van der Waals surface area contributed by atoms with Crippen molar-refractivity contribution in [2.24, 2.45) is 14.1 Å². The molecule has 72 valence electrons. The number of aromatic nitrogens is 4. The molecule has 0 atom stereocenters. The van der Waals surface area contributed by atoms with Gasteiger partial charge in [0.25, 0.3) is 0 Å². The maximum absolute atomic E-state index is 4.29. The van der Waals surface area contributed by atoms with E-state index in [0.717, 1.165) is 12.8 Å². The second kappa shape index (κ2) is 2.47. The number of fused-ring (bicyclic) bond motifs is 3. The molecule has 2 aromatic rings. The Morgan fingerprint density at radius 1 is 0.929 bits per heavy atom. The molecule has 0 amide bonds. The Kier molecular flexibility index (Phi) is 1.37. The Morgan fingerprint density at radius 3 is 1.79 bits per heavy atom. The van der Waals surface area contributed by atoms with Crippen LogP contribution in [-0.4, -0.2) is 19.6 Å². The van der Waals surface area contributed by atoms with Crippen molar-refractivity contribution in [3.05, 3.63) is 23.8 Å². The lowest BCUT2D eigenvalue weighted by Crippen LogP contribution is -2.09. The average Bonchev–Trinajstić information content (AvgIpc) is 2.72. The Balaban J connectivity index is 2.29. The maximum atomic E-state index is 4.29. The zero-order valence-electron chi connectivity index (χ0n) is 8.36. The monoisotopic (exact) mass is 188 g/mol. The molecule has 0 aliphatic heterocycles. The Bertz CT molecular complexity index is 446. The molecule has 4 nitrogen and oxygen atoms in total. The Hall–Kier alpha value is -1.58. The molecule has 0 aromatic carbocycles. The molecule has 0 fully saturated rings. The standard InChI is InChI=1S/C10H12N4/c1-13-9-3-4-10-8(6-12-14(10)2)7(9)5-11-13/h5-6H,3-4H2,1-2H3. The first-order chi connectivity index (χ1) is 6.77. The molecule has 1 aliphatic rings. The summed E-state index contributed by atoms with van der Waals surface area (Å²) in [6.07, 6.45) is 6.01. The zero-order chi connectivity index (χ0) is 9.71. The minimum atomic E-state index is 1.07. The van der Waals surface area contributed by atoms with Gasteiger partial charge in [-0.25, -0.2) is 0 Å². The number of hydrogen-bond acceptors (Lipinski definition) is 2. The molecule has 0 saturated carbocycles. The van der Waals surface area contributed by atoms with Crippen LogP contribution in [0.5, 0.6) is 0 Å². The van der Waals surface area contributed by atoms with Crippen molar-refractivity contribution in [1.82, 2.24) is 19.6 Å². The van der Waals surface area contributed by atoms with Crippen LogP contribution in [0.25, 0.3) is 11.1 Å². The largest absolute Gasteiger partial charge is 0.272 e. The maximum Gasteiger partial charge on any atom is 0.0572 e. The number of nitrogens with zero attached hydrogens (tertiary/aromatic N) is 4. The molecular formula is C10H12N4. The van der Waals surface area contributed by atoms with Gasteiger partial charge in [-0.2, -0.15) is 10.2 Å². The van der Waals surface area contributed by atoms with Crippen LogP contribution < -0.4 is 0 Å². The van der Waals surface area contributed by atoms with Gasteiger partial charge in [0.2, 0.25) is 0 Å². The molecule has 14 heavy (non-hydrogen) atoms. The van der Waals surface area contributed by atoms with Gasteiger partial charge in [0.1, 0.15) is 0 Å². The highest BCUT2D eigenvalue weighted by atomic mass is 15.3. The summed E-state index contributed by atoms with van der Waals surface area (Å²) in [5.41, 5.74) is 5.15. The van der Waals surface area contributed by atoms with Crippen LogP contribution in [0.4, 0.5) is 0 Å². The smallest absolute Gasteiger partial charge is 0.0572 e. The molecule has 0 bridgehead atoms. The predicted octanol–water partition coefficient (Wildman–Crippen LogP) is 0.919. The molecule has 0 N–H and O–H groups in total. The topological polar surface area (TPSA) is 35.6 Å². The first-order valence-corrected chi connectivity index (χ1v) is 4.79. The van der Waals surface area contributed by atoms with Gasteiger partial charge in [0.05, 0.1) is 12.4 Å². The lowest BCUT2D eigenvalue weighted by molar-refractivity contribution is 0.665. The molecule has 2 aromatic heterocycles. The van der Waals surface area contributed by atoms with Gasteiger partial charge in [-0.3, -0.25) is 9.36 Å². The molecule has 0 spiro atoms. The zero-order valence-corrected chi connectivity index (χ0v) is 8.36. The van der Waals surface area contributed by atoms with E-state index in [1.165, 1.54) is 22.5 Å². The second-order valence-corrected chi connectivity index (χ2v) is 3.76. The van der Waals surface area contributed by atoms with E-state index in [2.05, 4.69) is 10.2 Å². The normalized spacial score (nSPS) is 13.9. The molecule has 1 aliphatic carbocycles. The summed E-state index contributed by atoms with van der Waals surface area (Å²) >= 11 is 0. The number of hydrogen-bond donors (Lipinski definition) is 0. The van der Waals surface area contributed by atoms with E-state index in [-0.39, 0.29) is 0 Å². The van der Waals surface area contributed by atoms with Crippen LogP contribution in [0.3, 0.4) is 0 Å². The highest BCUT2D eigenvalue weighted by Crippen LogP contribution is 2.32. The third-order valence-electron chi connectivity index (χ3n) is 3.01.